The highest BCUT2D eigenvalue weighted by Gasteiger charge is 2.17. The smallest absolute Gasteiger partial charge is 0.279 e. The summed E-state index contributed by atoms with van der Waals surface area (Å²) < 4.78 is 26.1. The molecule has 2 rings (SSSR count). The van der Waals surface area contributed by atoms with Gasteiger partial charge >= 0.3 is 0 Å². The Labute approximate surface area is 103 Å². The molecule has 2 heterocycles. The van der Waals surface area contributed by atoms with Crippen molar-refractivity contribution in [3.05, 3.63) is 35.5 Å². The minimum atomic E-state index is -3.71. The standard InChI is InChI=1S/C9H9ClN4O2S/c1-6-12-5-9(13-6)17(15,16)14-8-4-11-3-2-7(8)10/h2-5,14H,1H3,(H,12,13). The van der Waals surface area contributed by atoms with Gasteiger partial charge < -0.3 is 4.98 Å². The lowest BCUT2D eigenvalue weighted by atomic mass is 10.4. The average Bonchev–Trinajstić information content (AvgIpc) is 2.69. The van der Waals surface area contributed by atoms with E-state index in [1.165, 1.54) is 24.7 Å². The van der Waals surface area contributed by atoms with E-state index in [2.05, 4.69) is 19.7 Å². The van der Waals surface area contributed by atoms with Crippen molar-refractivity contribution in [2.75, 3.05) is 4.72 Å². The number of pyridine rings is 1. The maximum absolute atomic E-state index is 11.9. The number of aromatic amines is 1. The van der Waals surface area contributed by atoms with Gasteiger partial charge in [0.05, 0.1) is 23.1 Å². The molecule has 0 fully saturated rings. The fraction of sp³-hybridized carbons (Fsp3) is 0.111. The van der Waals surface area contributed by atoms with Crippen LogP contribution >= 0.6 is 11.6 Å². The minimum absolute atomic E-state index is 0.0186. The number of rotatable bonds is 3. The average molecular weight is 273 g/mol. The molecule has 2 aromatic rings. The molecule has 0 bridgehead atoms. The summed E-state index contributed by atoms with van der Waals surface area (Å²) in [5.74, 6) is 0.516. The molecule has 0 aliphatic heterocycles. The van der Waals surface area contributed by atoms with Gasteiger partial charge in [-0.1, -0.05) is 11.6 Å². The van der Waals surface area contributed by atoms with Gasteiger partial charge in [-0.15, -0.1) is 0 Å². The lowest BCUT2D eigenvalue weighted by Crippen LogP contribution is -2.13. The highest BCUT2D eigenvalue weighted by Crippen LogP contribution is 2.22. The number of anilines is 1. The molecule has 2 aromatic heterocycles. The van der Waals surface area contributed by atoms with Crippen molar-refractivity contribution >= 4 is 27.3 Å². The highest BCUT2D eigenvalue weighted by atomic mass is 35.5. The SMILES string of the molecule is Cc1ncc(S(=O)(=O)Nc2cnccc2Cl)[nH]1. The summed E-state index contributed by atoms with van der Waals surface area (Å²) in [7, 11) is -3.71. The summed E-state index contributed by atoms with van der Waals surface area (Å²) in [6.45, 7) is 1.66. The van der Waals surface area contributed by atoms with E-state index in [0.29, 0.717) is 5.82 Å². The molecular formula is C9H9ClN4O2S. The fourth-order valence-corrected chi connectivity index (χ4v) is 2.43. The number of H-pyrrole nitrogens is 1. The molecule has 0 saturated carbocycles. The second-order valence-corrected chi connectivity index (χ2v) is 5.35. The molecule has 0 radical (unpaired) electrons. The third kappa shape index (κ3) is 2.56. The Bertz CT molecular complexity index is 638. The van der Waals surface area contributed by atoms with Gasteiger partial charge in [0.1, 0.15) is 5.82 Å². The maximum Gasteiger partial charge on any atom is 0.279 e. The van der Waals surface area contributed by atoms with Crippen LogP contribution in [0.1, 0.15) is 5.82 Å². The van der Waals surface area contributed by atoms with Crippen LogP contribution in [-0.4, -0.2) is 23.4 Å². The van der Waals surface area contributed by atoms with Crippen LogP contribution in [0.2, 0.25) is 5.02 Å². The summed E-state index contributed by atoms with van der Waals surface area (Å²) in [5, 5.41) is 0.259. The number of imidazole rings is 1. The van der Waals surface area contributed by atoms with Crippen LogP contribution in [-0.2, 0) is 10.0 Å². The molecule has 2 N–H and O–H groups in total. The first-order valence-electron chi connectivity index (χ1n) is 4.63. The number of hydrogen-bond donors (Lipinski definition) is 2. The topological polar surface area (TPSA) is 87.7 Å². The molecule has 0 saturated heterocycles. The Morgan fingerprint density at radius 1 is 1.41 bits per heavy atom. The number of hydrogen-bond acceptors (Lipinski definition) is 4. The van der Waals surface area contributed by atoms with Crippen LogP contribution in [0.4, 0.5) is 5.69 Å². The summed E-state index contributed by atoms with van der Waals surface area (Å²) in [4.78, 5) is 10.2. The molecule has 0 atom stereocenters. The van der Waals surface area contributed by atoms with Gasteiger partial charge in [-0.25, -0.2) is 4.98 Å². The highest BCUT2D eigenvalue weighted by molar-refractivity contribution is 7.92. The number of nitrogens with zero attached hydrogens (tertiary/aromatic N) is 2. The Kier molecular flexibility index (Phi) is 3.03. The van der Waals surface area contributed by atoms with Crippen molar-refractivity contribution in [1.29, 1.82) is 0 Å². The minimum Gasteiger partial charge on any atom is -0.332 e. The number of halogens is 1. The molecule has 0 spiro atoms. The van der Waals surface area contributed by atoms with Crippen LogP contribution in [0.3, 0.4) is 0 Å². The van der Waals surface area contributed by atoms with Crippen molar-refractivity contribution in [3.63, 3.8) is 0 Å². The van der Waals surface area contributed by atoms with E-state index in [0.717, 1.165) is 0 Å². The van der Waals surface area contributed by atoms with E-state index in [4.69, 9.17) is 11.6 Å². The summed E-state index contributed by atoms with van der Waals surface area (Å²) >= 11 is 5.83. The third-order valence-corrected chi connectivity index (χ3v) is 3.59. The van der Waals surface area contributed by atoms with Crippen molar-refractivity contribution < 1.29 is 8.42 Å². The molecule has 0 aromatic carbocycles. The molecule has 0 aliphatic rings. The predicted octanol–water partition coefficient (Wildman–Crippen LogP) is 1.57. The zero-order chi connectivity index (χ0) is 12.5. The van der Waals surface area contributed by atoms with Crippen LogP contribution in [0, 0.1) is 6.92 Å². The monoisotopic (exact) mass is 272 g/mol. The third-order valence-electron chi connectivity index (χ3n) is 1.98. The van der Waals surface area contributed by atoms with E-state index < -0.39 is 10.0 Å². The maximum atomic E-state index is 11.9. The zero-order valence-corrected chi connectivity index (χ0v) is 10.4. The van der Waals surface area contributed by atoms with Crippen molar-refractivity contribution in [2.45, 2.75) is 11.9 Å². The molecule has 90 valence electrons. The molecule has 0 unspecified atom stereocenters. The first-order chi connectivity index (χ1) is 7.99. The number of aryl methyl sites for hydroxylation is 1. The van der Waals surface area contributed by atoms with Gasteiger partial charge in [0.25, 0.3) is 10.0 Å². The summed E-state index contributed by atoms with van der Waals surface area (Å²) in [6, 6.07) is 1.50. The van der Waals surface area contributed by atoms with E-state index in [-0.39, 0.29) is 15.7 Å². The van der Waals surface area contributed by atoms with E-state index in [9.17, 15) is 8.42 Å². The fourth-order valence-electron chi connectivity index (χ4n) is 1.19. The van der Waals surface area contributed by atoms with Crippen LogP contribution in [0.25, 0.3) is 0 Å². The number of sulfonamides is 1. The predicted molar refractivity (Wildman–Crippen MR) is 63.4 cm³/mol. The van der Waals surface area contributed by atoms with Gasteiger partial charge in [-0.2, -0.15) is 8.42 Å². The summed E-state index contributed by atoms with van der Waals surface area (Å²) in [6.07, 6.45) is 4.05. The second kappa shape index (κ2) is 4.34. The van der Waals surface area contributed by atoms with Gasteiger partial charge in [0.2, 0.25) is 0 Å². The van der Waals surface area contributed by atoms with Crippen molar-refractivity contribution in [2.24, 2.45) is 0 Å². The van der Waals surface area contributed by atoms with E-state index >= 15 is 0 Å². The molecular weight excluding hydrogens is 264 g/mol. The Morgan fingerprint density at radius 3 is 2.76 bits per heavy atom. The molecule has 8 heteroatoms. The first-order valence-corrected chi connectivity index (χ1v) is 6.49. The zero-order valence-electron chi connectivity index (χ0n) is 8.81. The number of nitrogens with one attached hydrogen (secondary N) is 2. The van der Waals surface area contributed by atoms with E-state index in [1.54, 1.807) is 6.92 Å². The number of aromatic nitrogens is 3. The van der Waals surface area contributed by atoms with Crippen molar-refractivity contribution in [1.82, 2.24) is 15.0 Å². The Morgan fingerprint density at radius 2 is 2.18 bits per heavy atom. The Balaban J connectivity index is 2.33. The van der Waals surface area contributed by atoms with Gasteiger partial charge in [-0.05, 0) is 13.0 Å². The molecule has 0 aliphatic carbocycles. The second-order valence-electron chi connectivity index (χ2n) is 3.29. The van der Waals surface area contributed by atoms with Gasteiger partial charge in [-0.3, -0.25) is 9.71 Å². The summed E-state index contributed by atoms with van der Waals surface area (Å²) in [5.41, 5.74) is 0.224. The Hall–Kier alpha value is -1.60. The lowest BCUT2D eigenvalue weighted by Gasteiger charge is -2.06. The largest absolute Gasteiger partial charge is 0.332 e. The quantitative estimate of drug-likeness (QED) is 0.888. The van der Waals surface area contributed by atoms with Crippen LogP contribution in [0.15, 0.2) is 29.7 Å². The van der Waals surface area contributed by atoms with E-state index in [1.807, 2.05) is 0 Å². The normalized spacial score (nSPS) is 11.4. The van der Waals surface area contributed by atoms with Crippen LogP contribution < -0.4 is 4.72 Å². The first kappa shape index (κ1) is 11.9. The van der Waals surface area contributed by atoms with Crippen LogP contribution in [0.5, 0.6) is 0 Å². The van der Waals surface area contributed by atoms with Crippen molar-refractivity contribution in [3.8, 4) is 0 Å². The van der Waals surface area contributed by atoms with Gasteiger partial charge in [0, 0.05) is 6.20 Å². The van der Waals surface area contributed by atoms with Gasteiger partial charge in [0.15, 0.2) is 5.03 Å². The molecule has 0 amide bonds. The molecule has 17 heavy (non-hydrogen) atoms. The molecule has 6 nitrogen and oxygen atoms in total. The lowest BCUT2D eigenvalue weighted by molar-refractivity contribution is 0.598.